The molecule has 40 heavy (non-hydrogen) atoms. The number of para-hydroxylation sites is 1. The van der Waals surface area contributed by atoms with Gasteiger partial charge in [-0.3, -0.25) is 4.79 Å². The van der Waals surface area contributed by atoms with Gasteiger partial charge >= 0.3 is 5.97 Å². The molecule has 1 fully saturated rings. The third-order valence-electron chi connectivity index (χ3n) is 8.28. The van der Waals surface area contributed by atoms with Crippen LogP contribution >= 0.6 is 0 Å². The van der Waals surface area contributed by atoms with Crippen LogP contribution in [-0.2, 0) is 14.3 Å². The Morgan fingerprint density at radius 2 is 1.70 bits per heavy atom. The van der Waals surface area contributed by atoms with Crippen molar-refractivity contribution in [2.75, 3.05) is 20.8 Å². The number of allylic oxidation sites excluding steroid dienone is 3. The van der Waals surface area contributed by atoms with Crippen LogP contribution in [0.1, 0.15) is 81.8 Å². The summed E-state index contributed by atoms with van der Waals surface area (Å²) < 4.78 is 23.0. The maximum absolute atomic E-state index is 14.0. The average molecular weight is 546 g/mol. The minimum absolute atomic E-state index is 0.0142. The fourth-order valence-electron chi connectivity index (χ4n) is 6.37. The number of Topliss-reactive ketones (excluding diaryl/α,β-unsaturated/α-hetero) is 1. The van der Waals surface area contributed by atoms with Crippen molar-refractivity contribution < 1.29 is 28.5 Å². The topological polar surface area (TPSA) is 83.1 Å². The molecule has 3 aliphatic rings. The third-order valence-corrected chi connectivity index (χ3v) is 8.28. The highest BCUT2D eigenvalue weighted by Gasteiger charge is 2.43. The van der Waals surface area contributed by atoms with E-state index in [4.69, 9.17) is 18.9 Å². The van der Waals surface area contributed by atoms with Crippen LogP contribution in [0, 0.1) is 0 Å². The molecule has 2 aliphatic carbocycles. The highest BCUT2D eigenvalue weighted by atomic mass is 16.5. The predicted octanol–water partition coefficient (Wildman–Crippen LogP) is 6.34. The maximum Gasteiger partial charge on any atom is 0.337 e. The second-order valence-electron chi connectivity index (χ2n) is 10.8. The Morgan fingerprint density at radius 3 is 2.42 bits per heavy atom. The summed E-state index contributed by atoms with van der Waals surface area (Å²) in [6, 6.07) is 13.5. The quantitative estimate of drug-likeness (QED) is 0.388. The van der Waals surface area contributed by atoms with Crippen molar-refractivity contribution >= 4 is 11.8 Å². The van der Waals surface area contributed by atoms with Crippen LogP contribution in [0.4, 0.5) is 0 Å². The number of rotatable bonds is 8. The monoisotopic (exact) mass is 545 g/mol. The van der Waals surface area contributed by atoms with E-state index in [2.05, 4.69) is 5.32 Å². The highest BCUT2D eigenvalue weighted by molar-refractivity contribution is 6.04. The van der Waals surface area contributed by atoms with E-state index in [1.165, 1.54) is 6.42 Å². The highest BCUT2D eigenvalue weighted by Crippen LogP contribution is 2.48. The second-order valence-corrected chi connectivity index (χ2v) is 10.8. The molecule has 5 rings (SSSR count). The molecule has 0 spiro atoms. The number of methoxy groups -OCH3 is 2. The molecule has 2 aromatic rings. The lowest BCUT2D eigenvalue weighted by atomic mass is 9.71. The summed E-state index contributed by atoms with van der Waals surface area (Å²) in [4.78, 5) is 27.8. The summed E-state index contributed by atoms with van der Waals surface area (Å²) in [7, 11) is 3.22. The first-order valence-electron chi connectivity index (χ1n) is 14.3. The molecule has 0 saturated heterocycles. The van der Waals surface area contributed by atoms with E-state index in [0.717, 1.165) is 48.2 Å². The van der Waals surface area contributed by atoms with Crippen LogP contribution < -0.4 is 19.5 Å². The molecule has 7 nitrogen and oxygen atoms in total. The van der Waals surface area contributed by atoms with Gasteiger partial charge in [0.2, 0.25) is 0 Å². The van der Waals surface area contributed by atoms with Gasteiger partial charge < -0.3 is 24.3 Å². The zero-order valence-electron chi connectivity index (χ0n) is 23.9. The van der Waals surface area contributed by atoms with Crippen molar-refractivity contribution in [3.63, 3.8) is 0 Å². The molecule has 1 saturated carbocycles. The number of dihydropyridines is 1. The number of nitrogens with one attached hydrogen (secondary N) is 1. The van der Waals surface area contributed by atoms with Crippen molar-refractivity contribution in [3.05, 3.63) is 76.1 Å². The molecule has 7 heteroatoms. The van der Waals surface area contributed by atoms with Gasteiger partial charge in [-0.25, -0.2) is 4.79 Å². The molecular weight excluding hydrogens is 506 g/mol. The predicted molar refractivity (Wildman–Crippen MR) is 153 cm³/mol. The van der Waals surface area contributed by atoms with Gasteiger partial charge in [0.15, 0.2) is 17.3 Å². The van der Waals surface area contributed by atoms with Crippen LogP contribution in [0.5, 0.6) is 17.2 Å². The molecule has 1 aliphatic heterocycles. The SMILES string of the molecule is CCOc1ccccc1[C@@H]1C(C(=O)OC2CCCCC2)=C(C)NC2=C1C(=O)C[C@H](c1ccc(OC)c(OC)c1)C2. The Kier molecular flexibility index (Phi) is 8.48. The van der Waals surface area contributed by atoms with Crippen LogP contribution in [0.15, 0.2) is 65.0 Å². The summed E-state index contributed by atoms with van der Waals surface area (Å²) >= 11 is 0. The van der Waals surface area contributed by atoms with Gasteiger partial charge in [-0.2, -0.15) is 0 Å². The minimum Gasteiger partial charge on any atom is -0.494 e. The third kappa shape index (κ3) is 5.47. The first-order valence-corrected chi connectivity index (χ1v) is 14.3. The molecule has 2 atom stereocenters. The first-order chi connectivity index (χ1) is 19.4. The molecule has 0 amide bonds. The van der Waals surface area contributed by atoms with Gasteiger partial charge in [-0.15, -0.1) is 0 Å². The van der Waals surface area contributed by atoms with E-state index in [0.29, 0.717) is 47.8 Å². The molecule has 2 aromatic carbocycles. The number of carbonyl (C=O) groups excluding carboxylic acids is 2. The van der Waals surface area contributed by atoms with Crippen LogP contribution in [0.2, 0.25) is 0 Å². The molecule has 0 aromatic heterocycles. The second kappa shape index (κ2) is 12.2. The van der Waals surface area contributed by atoms with Crippen molar-refractivity contribution in [2.24, 2.45) is 0 Å². The lowest BCUT2D eigenvalue weighted by Gasteiger charge is -2.37. The van der Waals surface area contributed by atoms with Crippen molar-refractivity contribution in [1.29, 1.82) is 0 Å². The lowest BCUT2D eigenvalue weighted by molar-refractivity contribution is -0.146. The molecular formula is C33H39NO6. The Bertz CT molecular complexity index is 1340. The van der Waals surface area contributed by atoms with Gasteiger partial charge in [-0.05, 0) is 75.6 Å². The van der Waals surface area contributed by atoms with E-state index in [1.54, 1.807) is 14.2 Å². The fourth-order valence-corrected chi connectivity index (χ4v) is 6.37. The standard InChI is InChI=1S/C33H39NO6/c1-5-39-27-14-10-9-13-24(27)31-30(33(36)40-23-11-7-6-8-12-23)20(2)34-25-17-22(18-26(35)32(25)31)21-15-16-28(37-3)29(19-21)38-4/h9-10,13-16,19,22-23,31,34H,5-8,11-12,17-18H2,1-4H3/t22-,31-/m1/s1. The zero-order chi connectivity index (χ0) is 28.2. The number of carbonyl (C=O) groups is 2. The summed E-state index contributed by atoms with van der Waals surface area (Å²) in [6.45, 7) is 4.32. The van der Waals surface area contributed by atoms with Gasteiger partial charge in [0, 0.05) is 29.0 Å². The summed E-state index contributed by atoms with van der Waals surface area (Å²) in [6.07, 6.45) is 5.94. The van der Waals surface area contributed by atoms with E-state index < -0.39 is 5.92 Å². The Morgan fingerprint density at radius 1 is 0.950 bits per heavy atom. The zero-order valence-corrected chi connectivity index (χ0v) is 23.9. The molecule has 0 bridgehead atoms. The number of ether oxygens (including phenoxy) is 4. The van der Waals surface area contributed by atoms with Gasteiger partial charge in [0.05, 0.1) is 32.3 Å². The summed E-state index contributed by atoms with van der Waals surface area (Å²) in [5.74, 6) is 1.02. The number of benzene rings is 2. The smallest absolute Gasteiger partial charge is 0.337 e. The number of hydrogen-bond donors (Lipinski definition) is 1. The maximum atomic E-state index is 14.0. The van der Waals surface area contributed by atoms with E-state index in [1.807, 2.05) is 56.3 Å². The molecule has 212 valence electrons. The molecule has 0 radical (unpaired) electrons. The van der Waals surface area contributed by atoms with E-state index in [9.17, 15) is 9.59 Å². The van der Waals surface area contributed by atoms with Crippen LogP contribution in [0.25, 0.3) is 0 Å². The summed E-state index contributed by atoms with van der Waals surface area (Å²) in [5, 5.41) is 3.46. The van der Waals surface area contributed by atoms with Gasteiger partial charge in [-0.1, -0.05) is 30.7 Å². The van der Waals surface area contributed by atoms with Crippen molar-refractivity contribution in [1.82, 2.24) is 5.32 Å². The summed E-state index contributed by atoms with van der Waals surface area (Å²) in [5.41, 5.74) is 4.51. The lowest BCUT2D eigenvalue weighted by Crippen LogP contribution is -2.37. The average Bonchev–Trinajstić information content (AvgIpc) is 2.97. The normalized spacial score (nSPS) is 21.4. The Balaban J connectivity index is 1.55. The molecule has 0 unspecified atom stereocenters. The molecule has 1 heterocycles. The van der Waals surface area contributed by atoms with Gasteiger partial charge in [0.1, 0.15) is 11.9 Å². The van der Waals surface area contributed by atoms with E-state index in [-0.39, 0.29) is 23.8 Å². The van der Waals surface area contributed by atoms with E-state index >= 15 is 0 Å². The van der Waals surface area contributed by atoms with Crippen LogP contribution in [0.3, 0.4) is 0 Å². The van der Waals surface area contributed by atoms with Crippen molar-refractivity contribution in [3.8, 4) is 17.2 Å². The molecule has 1 N–H and O–H groups in total. The minimum atomic E-state index is -0.561. The van der Waals surface area contributed by atoms with Gasteiger partial charge in [0.25, 0.3) is 0 Å². The van der Waals surface area contributed by atoms with Crippen LogP contribution in [-0.4, -0.2) is 38.7 Å². The largest absolute Gasteiger partial charge is 0.494 e. The number of hydrogen-bond acceptors (Lipinski definition) is 7. The Labute approximate surface area is 236 Å². The number of ketones is 1. The Hall–Kier alpha value is -3.74. The number of esters is 1. The first kappa shape index (κ1) is 27.8. The fraction of sp³-hybridized carbons (Fsp3) is 0.455. The van der Waals surface area contributed by atoms with Crippen molar-refractivity contribution in [2.45, 2.75) is 76.7 Å².